The number of carbonyl (C=O) groups is 3. The fourth-order valence-electron chi connectivity index (χ4n) is 2.26. The number of carboxylic acids is 1. The number of hydrogen-bond acceptors (Lipinski definition) is 5. The summed E-state index contributed by atoms with van der Waals surface area (Å²) < 4.78 is 6.33. The lowest BCUT2D eigenvalue weighted by Gasteiger charge is -2.08. The van der Waals surface area contributed by atoms with Crippen molar-refractivity contribution in [3.8, 4) is 0 Å². The van der Waals surface area contributed by atoms with Gasteiger partial charge in [-0.2, -0.15) is 5.10 Å². The summed E-state index contributed by atoms with van der Waals surface area (Å²) in [5, 5.41) is 17.9. The Labute approximate surface area is 150 Å². The lowest BCUT2D eigenvalue weighted by molar-refractivity contribution is -0.136. The van der Waals surface area contributed by atoms with Crippen LogP contribution in [-0.2, 0) is 23.0 Å². The van der Waals surface area contributed by atoms with Crippen LogP contribution in [0.4, 0.5) is 16.3 Å². The van der Waals surface area contributed by atoms with E-state index in [-0.39, 0.29) is 24.4 Å². The number of aryl methyl sites for hydroxylation is 2. The number of nitrogens with one attached hydrogen (secondary N) is 2. The highest BCUT2D eigenvalue weighted by Crippen LogP contribution is 2.16. The van der Waals surface area contributed by atoms with Crippen LogP contribution in [0, 0.1) is 0 Å². The number of carboxylic acid groups (broad SMARTS) is 1. The zero-order valence-corrected chi connectivity index (χ0v) is 14.5. The molecule has 9 heteroatoms. The van der Waals surface area contributed by atoms with Crippen molar-refractivity contribution < 1.29 is 24.2 Å². The first-order valence-electron chi connectivity index (χ1n) is 7.98. The highest BCUT2D eigenvalue weighted by molar-refractivity contribution is 6.04. The molecular weight excluding hydrogens is 340 g/mol. The van der Waals surface area contributed by atoms with Gasteiger partial charge in [0.05, 0.1) is 6.61 Å². The maximum atomic E-state index is 12.2. The van der Waals surface area contributed by atoms with Crippen molar-refractivity contribution in [3.05, 3.63) is 41.6 Å². The molecule has 138 valence electrons. The summed E-state index contributed by atoms with van der Waals surface area (Å²) >= 11 is 0. The van der Waals surface area contributed by atoms with Crippen LogP contribution in [0.1, 0.15) is 29.3 Å². The molecule has 26 heavy (non-hydrogen) atoms. The SMILES string of the molecule is CCOC(=O)c1cn(C)nc1NC(=O)Nc1cccc(CCC(=O)O)c1. The van der Waals surface area contributed by atoms with Gasteiger partial charge >= 0.3 is 18.0 Å². The van der Waals surface area contributed by atoms with E-state index in [1.165, 1.54) is 10.9 Å². The molecule has 1 aromatic heterocycles. The van der Waals surface area contributed by atoms with E-state index in [0.29, 0.717) is 12.1 Å². The number of urea groups is 1. The van der Waals surface area contributed by atoms with Gasteiger partial charge in [0.2, 0.25) is 0 Å². The highest BCUT2D eigenvalue weighted by atomic mass is 16.5. The summed E-state index contributed by atoms with van der Waals surface area (Å²) in [5.41, 5.74) is 1.44. The molecule has 1 aromatic carbocycles. The smallest absolute Gasteiger partial charge is 0.343 e. The predicted octanol–water partition coefficient (Wildman–Crippen LogP) is 2.26. The van der Waals surface area contributed by atoms with Gasteiger partial charge in [0.1, 0.15) is 5.56 Å². The fourth-order valence-corrected chi connectivity index (χ4v) is 2.26. The normalized spacial score (nSPS) is 10.2. The summed E-state index contributed by atoms with van der Waals surface area (Å²) in [5.74, 6) is -1.38. The van der Waals surface area contributed by atoms with E-state index in [1.807, 2.05) is 0 Å². The van der Waals surface area contributed by atoms with Crippen molar-refractivity contribution in [2.24, 2.45) is 7.05 Å². The van der Waals surface area contributed by atoms with Gasteiger partial charge in [0, 0.05) is 25.4 Å². The van der Waals surface area contributed by atoms with Crippen molar-refractivity contribution in [2.45, 2.75) is 19.8 Å². The number of nitrogens with zero attached hydrogens (tertiary/aromatic N) is 2. The van der Waals surface area contributed by atoms with Crippen LogP contribution in [0.15, 0.2) is 30.5 Å². The molecule has 0 saturated carbocycles. The van der Waals surface area contributed by atoms with Gasteiger partial charge in [-0.1, -0.05) is 12.1 Å². The van der Waals surface area contributed by atoms with E-state index in [4.69, 9.17) is 9.84 Å². The molecule has 3 N–H and O–H groups in total. The number of hydrogen-bond donors (Lipinski definition) is 3. The van der Waals surface area contributed by atoms with Crippen molar-refractivity contribution in [2.75, 3.05) is 17.2 Å². The van der Waals surface area contributed by atoms with Crippen molar-refractivity contribution in [3.63, 3.8) is 0 Å². The predicted molar refractivity (Wildman–Crippen MR) is 94.2 cm³/mol. The van der Waals surface area contributed by atoms with Crippen molar-refractivity contribution in [1.29, 1.82) is 0 Å². The third-order valence-electron chi connectivity index (χ3n) is 3.37. The second kappa shape index (κ2) is 8.65. The Morgan fingerprint density at radius 1 is 1.27 bits per heavy atom. The zero-order chi connectivity index (χ0) is 19.1. The van der Waals surface area contributed by atoms with Crippen LogP contribution in [-0.4, -0.2) is 39.5 Å². The average molecular weight is 360 g/mol. The minimum Gasteiger partial charge on any atom is -0.481 e. The molecule has 0 fully saturated rings. The van der Waals surface area contributed by atoms with E-state index >= 15 is 0 Å². The van der Waals surface area contributed by atoms with Gasteiger partial charge in [-0.3, -0.25) is 14.8 Å². The van der Waals surface area contributed by atoms with Gasteiger partial charge in [-0.15, -0.1) is 0 Å². The van der Waals surface area contributed by atoms with Crippen LogP contribution in [0.2, 0.25) is 0 Å². The molecule has 2 rings (SSSR count). The maximum absolute atomic E-state index is 12.2. The third kappa shape index (κ3) is 5.33. The maximum Gasteiger partial charge on any atom is 0.343 e. The Balaban J connectivity index is 2.04. The van der Waals surface area contributed by atoms with E-state index in [1.54, 1.807) is 38.2 Å². The van der Waals surface area contributed by atoms with Crippen LogP contribution >= 0.6 is 0 Å². The molecule has 0 spiro atoms. The Hall–Kier alpha value is -3.36. The standard InChI is InChI=1S/C17H20N4O5/c1-3-26-16(24)13-10-21(2)20-15(13)19-17(25)18-12-6-4-5-11(9-12)7-8-14(22)23/h4-6,9-10H,3,7-8H2,1-2H3,(H,22,23)(H2,18,19,20,25). The van der Waals surface area contributed by atoms with Gasteiger partial charge in [-0.05, 0) is 31.0 Å². The molecular formula is C17H20N4O5. The number of benzene rings is 1. The lowest BCUT2D eigenvalue weighted by Crippen LogP contribution is -2.21. The Bertz CT molecular complexity index is 815. The number of anilines is 2. The molecule has 0 aliphatic carbocycles. The summed E-state index contributed by atoms with van der Waals surface area (Å²) in [4.78, 5) is 34.7. The van der Waals surface area contributed by atoms with Gasteiger partial charge in [0.15, 0.2) is 5.82 Å². The monoisotopic (exact) mass is 360 g/mol. The number of esters is 1. The van der Waals surface area contributed by atoms with Crippen molar-refractivity contribution in [1.82, 2.24) is 9.78 Å². The quantitative estimate of drug-likeness (QED) is 0.651. The molecule has 0 bridgehead atoms. The molecule has 1 heterocycles. The number of aliphatic carboxylic acids is 1. The van der Waals surface area contributed by atoms with Gasteiger partial charge in [-0.25, -0.2) is 9.59 Å². The molecule has 0 atom stereocenters. The third-order valence-corrected chi connectivity index (χ3v) is 3.37. The number of aromatic nitrogens is 2. The number of rotatable bonds is 7. The first-order valence-corrected chi connectivity index (χ1v) is 7.98. The Kier molecular flexibility index (Phi) is 6.31. The largest absolute Gasteiger partial charge is 0.481 e. The molecule has 9 nitrogen and oxygen atoms in total. The molecule has 0 aliphatic heterocycles. The molecule has 0 unspecified atom stereocenters. The van der Waals surface area contributed by atoms with E-state index in [0.717, 1.165) is 5.56 Å². The van der Waals surface area contributed by atoms with Gasteiger partial charge in [0.25, 0.3) is 0 Å². The van der Waals surface area contributed by atoms with Crippen LogP contribution in [0.25, 0.3) is 0 Å². The van der Waals surface area contributed by atoms with E-state index in [9.17, 15) is 14.4 Å². The summed E-state index contributed by atoms with van der Waals surface area (Å²) in [7, 11) is 1.62. The minimum atomic E-state index is -0.886. The topological polar surface area (TPSA) is 123 Å². The highest BCUT2D eigenvalue weighted by Gasteiger charge is 2.18. The number of amides is 2. The summed E-state index contributed by atoms with van der Waals surface area (Å²) in [6.07, 6.45) is 1.83. The summed E-state index contributed by atoms with van der Waals surface area (Å²) in [6.45, 7) is 1.90. The second-order valence-electron chi connectivity index (χ2n) is 5.46. The molecule has 0 saturated heterocycles. The Morgan fingerprint density at radius 2 is 2.04 bits per heavy atom. The van der Waals surface area contributed by atoms with E-state index in [2.05, 4.69) is 15.7 Å². The number of carbonyl (C=O) groups excluding carboxylic acids is 2. The first-order chi connectivity index (χ1) is 12.4. The summed E-state index contributed by atoms with van der Waals surface area (Å²) in [6, 6.07) is 6.29. The molecule has 2 aromatic rings. The first kappa shape index (κ1) is 19.0. The zero-order valence-electron chi connectivity index (χ0n) is 14.5. The lowest BCUT2D eigenvalue weighted by atomic mass is 10.1. The molecule has 0 aliphatic rings. The van der Waals surface area contributed by atoms with E-state index < -0.39 is 18.0 Å². The molecule has 0 radical (unpaired) electrons. The van der Waals surface area contributed by atoms with Crippen molar-refractivity contribution >= 4 is 29.5 Å². The fraction of sp³-hybridized carbons (Fsp3) is 0.294. The van der Waals surface area contributed by atoms with Gasteiger partial charge < -0.3 is 15.2 Å². The number of ether oxygens (including phenoxy) is 1. The molecule has 2 amide bonds. The van der Waals surface area contributed by atoms with Crippen LogP contribution in [0.5, 0.6) is 0 Å². The average Bonchev–Trinajstić information content (AvgIpc) is 2.93. The minimum absolute atomic E-state index is 0.00643. The second-order valence-corrected chi connectivity index (χ2v) is 5.46. The van der Waals surface area contributed by atoms with Crippen LogP contribution in [0.3, 0.4) is 0 Å². The van der Waals surface area contributed by atoms with Crippen LogP contribution < -0.4 is 10.6 Å². The Morgan fingerprint density at radius 3 is 2.73 bits per heavy atom.